The maximum Gasteiger partial charge on any atom is 0.343 e. The highest BCUT2D eigenvalue weighted by molar-refractivity contribution is 5.98. The topological polar surface area (TPSA) is 89.1 Å². The Bertz CT molecular complexity index is 826. The third-order valence-corrected chi connectivity index (χ3v) is 4.97. The number of carbonyl (C=O) groups excluding carboxylic acids is 1. The molecular formula is C19H20N2O5. The van der Waals surface area contributed by atoms with Crippen LogP contribution in [-0.2, 0) is 4.74 Å². The Morgan fingerprint density at radius 1 is 1.04 bits per heavy atom. The summed E-state index contributed by atoms with van der Waals surface area (Å²) in [5, 5.41) is 10.5. The third-order valence-electron chi connectivity index (χ3n) is 4.97. The largest absolute Gasteiger partial charge is 0.493 e. The molecule has 0 amide bonds. The van der Waals surface area contributed by atoms with Crippen molar-refractivity contribution in [3.05, 3.63) is 59.2 Å². The van der Waals surface area contributed by atoms with Gasteiger partial charge in [-0.25, -0.2) is 15.6 Å². The lowest BCUT2D eigenvalue weighted by atomic mass is 9.85. The summed E-state index contributed by atoms with van der Waals surface area (Å²) in [5.74, 6) is -0.0683. The number of fused-ring (bicyclic) bond motifs is 1. The van der Waals surface area contributed by atoms with Gasteiger partial charge in [0.05, 0.1) is 26.2 Å². The summed E-state index contributed by atoms with van der Waals surface area (Å²) in [4.78, 5) is 12.6. The normalized spacial score (nSPS) is 27.1. The van der Waals surface area contributed by atoms with E-state index in [1.165, 1.54) is 14.2 Å². The highest BCUT2D eigenvalue weighted by atomic mass is 16.6. The Morgan fingerprint density at radius 2 is 1.81 bits per heavy atom. The molecule has 0 aromatic heterocycles. The summed E-state index contributed by atoms with van der Waals surface area (Å²) in [6, 6.07) is 13.0. The lowest BCUT2D eigenvalue weighted by Gasteiger charge is -2.26. The van der Waals surface area contributed by atoms with E-state index in [0.717, 1.165) is 5.56 Å². The van der Waals surface area contributed by atoms with E-state index in [1.54, 1.807) is 12.1 Å². The number of aliphatic hydroxyl groups is 1. The molecule has 0 spiro atoms. The monoisotopic (exact) mass is 356 g/mol. The van der Waals surface area contributed by atoms with E-state index in [1.807, 2.05) is 30.3 Å². The predicted octanol–water partition coefficient (Wildman–Crippen LogP) is 1.70. The van der Waals surface area contributed by atoms with Crippen LogP contribution >= 0.6 is 0 Å². The Morgan fingerprint density at radius 3 is 2.50 bits per heavy atom. The number of methoxy groups -OCH3 is 2. The number of cyclic esters (lactones) is 1. The number of hydrogen-bond acceptors (Lipinski definition) is 7. The van der Waals surface area contributed by atoms with Gasteiger partial charge in [-0.2, -0.15) is 0 Å². The maximum absolute atomic E-state index is 12.6. The molecule has 2 aliphatic heterocycles. The van der Waals surface area contributed by atoms with Gasteiger partial charge in [0, 0.05) is 5.56 Å². The Balaban J connectivity index is 1.77. The quantitative estimate of drug-likeness (QED) is 0.719. The molecule has 136 valence electrons. The van der Waals surface area contributed by atoms with Gasteiger partial charge < -0.3 is 19.3 Å². The molecule has 4 atom stereocenters. The Labute approximate surface area is 150 Å². The molecule has 1 saturated heterocycles. The number of carbonyl (C=O) groups is 1. The van der Waals surface area contributed by atoms with Crippen LogP contribution in [0.1, 0.15) is 33.6 Å². The number of benzene rings is 2. The van der Waals surface area contributed by atoms with E-state index in [9.17, 15) is 9.90 Å². The fourth-order valence-corrected chi connectivity index (χ4v) is 3.77. The van der Waals surface area contributed by atoms with Crippen molar-refractivity contribution in [3.63, 3.8) is 0 Å². The number of hydrazine groups is 1. The molecule has 7 heteroatoms. The fraction of sp³-hybridized carbons (Fsp3) is 0.316. The molecule has 0 bridgehead atoms. The van der Waals surface area contributed by atoms with E-state index >= 15 is 0 Å². The number of hydrogen-bond donors (Lipinski definition) is 3. The highest BCUT2D eigenvalue weighted by Gasteiger charge is 2.48. The first-order valence-corrected chi connectivity index (χ1v) is 8.35. The number of aliphatic hydroxyl groups excluding tert-OH is 1. The van der Waals surface area contributed by atoms with Gasteiger partial charge in [0.1, 0.15) is 17.9 Å². The van der Waals surface area contributed by atoms with Crippen LogP contribution in [0.25, 0.3) is 0 Å². The van der Waals surface area contributed by atoms with Crippen LogP contribution < -0.4 is 20.3 Å². The van der Waals surface area contributed by atoms with Gasteiger partial charge >= 0.3 is 5.97 Å². The zero-order valence-corrected chi connectivity index (χ0v) is 14.4. The molecule has 0 aliphatic carbocycles. The zero-order chi connectivity index (χ0) is 18.3. The summed E-state index contributed by atoms with van der Waals surface area (Å²) >= 11 is 0. The summed E-state index contributed by atoms with van der Waals surface area (Å²) in [7, 11) is 3.00. The lowest BCUT2D eigenvalue weighted by molar-refractivity contribution is -0.00838. The van der Waals surface area contributed by atoms with Crippen LogP contribution in [0.5, 0.6) is 11.5 Å². The first-order valence-electron chi connectivity index (χ1n) is 8.35. The van der Waals surface area contributed by atoms with Crippen molar-refractivity contribution < 1.29 is 24.1 Å². The van der Waals surface area contributed by atoms with Gasteiger partial charge in [-0.1, -0.05) is 36.4 Å². The van der Waals surface area contributed by atoms with Crippen molar-refractivity contribution in [1.82, 2.24) is 10.9 Å². The number of rotatable bonds is 4. The molecule has 2 aromatic carbocycles. The van der Waals surface area contributed by atoms with Gasteiger partial charge in [0.25, 0.3) is 0 Å². The molecule has 7 nitrogen and oxygen atoms in total. The first-order chi connectivity index (χ1) is 12.7. The highest BCUT2D eigenvalue weighted by Crippen LogP contribution is 2.48. The molecule has 2 aromatic rings. The molecular weight excluding hydrogens is 336 g/mol. The molecule has 3 N–H and O–H groups in total. The van der Waals surface area contributed by atoms with E-state index in [2.05, 4.69) is 10.9 Å². The predicted molar refractivity (Wildman–Crippen MR) is 92.7 cm³/mol. The van der Waals surface area contributed by atoms with Gasteiger partial charge in [-0.15, -0.1) is 0 Å². The van der Waals surface area contributed by atoms with Crippen LogP contribution in [-0.4, -0.2) is 31.5 Å². The van der Waals surface area contributed by atoms with Crippen molar-refractivity contribution in [1.29, 1.82) is 0 Å². The molecule has 4 rings (SSSR count). The van der Waals surface area contributed by atoms with Gasteiger partial charge in [-0.3, -0.25) is 0 Å². The van der Waals surface area contributed by atoms with Crippen molar-refractivity contribution in [2.75, 3.05) is 14.2 Å². The minimum absolute atomic E-state index is 0.219. The van der Waals surface area contributed by atoms with Crippen LogP contribution in [0, 0.1) is 5.92 Å². The molecule has 0 saturated carbocycles. The molecule has 2 heterocycles. The second kappa shape index (κ2) is 6.60. The summed E-state index contributed by atoms with van der Waals surface area (Å²) in [6.45, 7) is 0. The molecule has 4 unspecified atom stereocenters. The SMILES string of the molecule is COc1ccc2c(c1OC)C(=O)OC2C1C(O)NNC1c1ccccc1. The summed E-state index contributed by atoms with van der Waals surface area (Å²) < 4.78 is 16.3. The van der Waals surface area contributed by atoms with Crippen LogP contribution in [0.3, 0.4) is 0 Å². The molecule has 1 fully saturated rings. The number of nitrogens with one attached hydrogen (secondary N) is 2. The number of esters is 1. The average Bonchev–Trinajstić information content (AvgIpc) is 3.21. The van der Waals surface area contributed by atoms with Gasteiger partial charge in [0.15, 0.2) is 11.5 Å². The second-order valence-corrected chi connectivity index (χ2v) is 6.29. The summed E-state index contributed by atoms with van der Waals surface area (Å²) in [6.07, 6.45) is -1.49. The Kier molecular flexibility index (Phi) is 4.28. The zero-order valence-electron chi connectivity index (χ0n) is 14.4. The average molecular weight is 356 g/mol. The van der Waals surface area contributed by atoms with E-state index in [4.69, 9.17) is 14.2 Å². The van der Waals surface area contributed by atoms with Crippen LogP contribution in [0.2, 0.25) is 0 Å². The minimum Gasteiger partial charge on any atom is -0.493 e. The smallest absolute Gasteiger partial charge is 0.343 e. The van der Waals surface area contributed by atoms with Crippen LogP contribution in [0.15, 0.2) is 42.5 Å². The van der Waals surface area contributed by atoms with Crippen molar-refractivity contribution in [3.8, 4) is 11.5 Å². The van der Waals surface area contributed by atoms with Crippen molar-refractivity contribution >= 4 is 5.97 Å². The maximum atomic E-state index is 12.6. The van der Waals surface area contributed by atoms with Gasteiger partial charge in [-0.05, 0) is 11.6 Å². The molecule has 0 radical (unpaired) electrons. The van der Waals surface area contributed by atoms with E-state index in [-0.39, 0.29) is 6.04 Å². The summed E-state index contributed by atoms with van der Waals surface area (Å²) in [5.41, 5.74) is 7.97. The minimum atomic E-state index is -0.878. The van der Waals surface area contributed by atoms with Crippen molar-refractivity contribution in [2.45, 2.75) is 18.4 Å². The first kappa shape index (κ1) is 16.8. The molecule has 2 aliphatic rings. The third kappa shape index (κ3) is 2.52. The van der Waals surface area contributed by atoms with E-state index in [0.29, 0.717) is 22.6 Å². The second-order valence-electron chi connectivity index (χ2n) is 6.29. The standard InChI is InChI=1S/C19H20N2O5/c1-24-12-9-8-11-13(17(12)25-2)19(23)26-16(11)14-15(20-21-18(14)22)10-6-4-3-5-7-10/h3-9,14-16,18,20-22H,1-2H3. The fourth-order valence-electron chi connectivity index (χ4n) is 3.77. The van der Waals surface area contributed by atoms with Crippen molar-refractivity contribution in [2.24, 2.45) is 5.92 Å². The van der Waals surface area contributed by atoms with Gasteiger partial charge in [0.2, 0.25) is 0 Å². The van der Waals surface area contributed by atoms with E-state index < -0.39 is 24.2 Å². The Hall–Kier alpha value is -2.61. The lowest BCUT2D eigenvalue weighted by Crippen LogP contribution is -2.32. The van der Waals surface area contributed by atoms with Crippen LogP contribution in [0.4, 0.5) is 0 Å². The molecule has 26 heavy (non-hydrogen) atoms. The number of ether oxygens (including phenoxy) is 3.